The van der Waals surface area contributed by atoms with Crippen LogP contribution in [0.25, 0.3) is 22.2 Å². The third kappa shape index (κ3) is 3.68. The molecular formula is C20H19Cl2NO2. The maximum absolute atomic E-state index is 11.4. The Hall–Kier alpha value is -1.97. The number of H-pyrrole nitrogens is 1. The third-order valence-corrected chi connectivity index (χ3v) is 5.16. The molecule has 0 saturated heterocycles. The van der Waals surface area contributed by atoms with Gasteiger partial charge in [0.25, 0.3) is 0 Å². The van der Waals surface area contributed by atoms with Crippen LogP contribution in [0.3, 0.4) is 0 Å². The first-order chi connectivity index (χ1) is 12.0. The van der Waals surface area contributed by atoms with Gasteiger partial charge in [0.1, 0.15) is 0 Å². The van der Waals surface area contributed by atoms with Gasteiger partial charge >= 0.3 is 5.97 Å². The highest BCUT2D eigenvalue weighted by molar-refractivity contribution is 6.43. The molecule has 1 aromatic heterocycles. The van der Waals surface area contributed by atoms with Crippen LogP contribution in [0.1, 0.15) is 30.9 Å². The van der Waals surface area contributed by atoms with Gasteiger partial charge in [-0.1, -0.05) is 54.7 Å². The molecule has 130 valence electrons. The Morgan fingerprint density at radius 3 is 2.72 bits per heavy atom. The van der Waals surface area contributed by atoms with Gasteiger partial charge in [0.15, 0.2) is 0 Å². The number of aliphatic carboxylic acids is 1. The zero-order valence-corrected chi connectivity index (χ0v) is 15.4. The lowest BCUT2D eigenvalue weighted by Gasteiger charge is -2.07. The Morgan fingerprint density at radius 1 is 1.20 bits per heavy atom. The van der Waals surface area contributed by atoms with Crippen molar-refractivity contribution in [1.82, 2.24) is 4.98 Å². The molecule has 2 N–H and O–H groups in total. The number of carbonyl (C=O) groups is 1. The van der Waals surface area contributed by atoms with Gasteiger partial charge in [-0.25, -0.2) is 0 Å². The predicted molar refractivity (Wildman–Crippen MR) is 104 cm³/mol. The number of aryl methyl sites for hydroxylation is 1. The highest BCUT2D eigenvalue weighted by atomic mass is 35.5. The van der Waals surface area contributed by atoms with Crippen LogP contribution in [-0.4, -0.2) is 16.1 Å². The van der Waals surface area contributed by atoms with Crippen molar-refractivity contribution >= 4 is 40.1 Å². The molecule has 0 aliphatic rings. The number of nitrogens with one attached hydrogen (secondary N) is 1. The van der Waals surface area contributed by atoms with E-state index in [2.05, 4.69) is 24.0 Å². The molecule has 0 unspecified atom stereocenters. The number of hydrogen-bond donors (Lipinski definition) is 2. The van der Waals surface area contributed by atoms with Crippen LogP contribution in [-0.2, 0) is 17.6 Å². The number of rotatable bonds is 6. The minimum absolute atomic E-state index is 0.0740. The normalized spacial score (nSPS) is 11.2. The van der Waals surface area contributed by atoms with Gasteiger partial charge in [-0.05, 0) is 42.2 Å². The minimum atomic E-state index is -0.876. The van der Waals surface area contributed by atoms with Crippen LogP contribution in [0, 0.1) is 0 Å². The third-order valence-electron chi connectivity index (χ3n) is 4.34. The molecule has 5 heteroatoms. The van der Waals surface area contributed by atoms with Crippen molar-refractivity contribution in [1.29, 1.82) is 0 Å². The summed E-state index contributed by atoms with van der Waals surface area (Å²) in [5.74, 6) is -0.876. The highest BCUT2D eigenvalue weighted by Gasteiger charge is 2.19. The number of aromatic amines is 1. The van der Waals surface area contributed by atoms with Crippen LogP contribution in [0.4, 0.5) is 0 Å². The number of carboxylic acid groups (broad SMARTS) is 1. The van der Waals surface area contributed by atoms with Crippen molar-refractivity contribution in [2.75, 3.05) is 0 Å². The van der Waals surface area contributed by atoms with E-state index in [-0.39, 0.29) is 6.42 Å². The maximum Gasteiger partial charge on any atom is 0.307 e. The number of benzene rings is 2. The van der Waals surface area contributed by atoms with Crippen LogP contribution < -0.4 is 0 Å². The first-order valence-corrected chi connectivity index (χ1v) is 9.06. The molecule has 0 radical (unpaired) electrons. The van der Waals surface area contributed by atoms with Gasteiger partial charge in [0.05, 0.1) is 22.2 Å². The quantitative estimate of drug-likeness (QED) is 0.545. The molecule has 0 saturated carbocycles. The van der Waals surface area contributed by atoms with E-state index in [0.717, 1.165) is 47.0 Å². The lowest BCUT2D eigenvalue weighted by molar-refractivity contribution is -0.136. The zero-order chi connectivity index (χ0) is 18.0. The fraction of sp³-hybridized carbons (Fsp3) is 0.250. The lowest BCUT2D eigenvalue weighted by Crippen LogP contribution is -2.01. The fourth-order valence-corrected chi connectivity index (χ4v) is 3.49. The summed E-state index contributed by atoms with van der Waals surface area (Å²) in [6, 6.07) is 11.6. The van der Waals surface area contributed by atoms with Gasteiger partial charge in [-0.15, -0.1) is 0 Å². The molecule has 0 spiro atoms. The van der Waals surface area contributed by atoms with Crippen molar-refractivity contribution < 1.29 is 9.90 Å². The number of carboxylic acids is 1. The SMILES string of the molecule is CCCCc1ccc2[nH]c(-c3cccc(Cl)c3Cl)c(CC(=O)O)c2c1. The largest absolute Gasteiger partial charge is 0.481 e. The molecule has 3 rings (SSSR count). The molecule has 25 heavy (non-hydrogen) atoms. The molecule has 0 bridgehead atoms. The van der Waals surface area contributed by atoms with Gasteiger partial charge in [-0.3, -0.25) is 4.79 Å². The summed E-state index contributed by atoms with van der Waals surface area (Å²) in [7, 11) is 0. The van der Waals surface area contributed by atoms with Crippen molar-refractivity contribution in [3.63, 3.8) is 0 Å². The zero-order valence-electron chi connectivity index (χ0n) is 13.9. The van der Waals surface area contributed by atoms with Gasteiger partial charge in [0.2, 0.25) is 0 Å². The van der Waals surface area contributed by atoms with E-state index in [4.69, 9.17) is 23.2 Å². The second-order valence-electron chi connectivity index (χ2n) is 6.13. The summed E-state index contributed by atoms with van der Waals surface area (Å²) in [5.41, 5.74) is 4.30. The van der Waals surface area contributed by atoms with Crippen LogP contribution in [0.15, 0.2) is 36.4 Å². The van der Waals surface area contributed by atoms with E-state index < -0.39 is 5.97 Å². The van der Waals surface area contributed by atoms with Gasteiger partial charge in [-0.2, -0.15) is 0 Å². The van der Waals surface area contributed by atoms with Crippen LogP contribution in [0.2, 0.25) is 10.0 Å². The minimum Gasteiger partial charge on any atom is -0.481 e. The number of hydrogen-bond acceptors (Lipinski definition) is 1. The molecule has 0 atom stereocenters. The Bertz CT molecular complexity index is 931. The molecule has 0 aliphatic heterocycles. The average molecular weight is 376 g/mol. The summed E-state index contributed by atoms with van der Waals surface area (Å²) in [6.45, 7) is 2.16. The fourth-order valence-electron chi connectivity index (χ4n) is 3.09. The van der Waals surface area contributed by atoms with Gasteiger partial charge < -0.3 is 10.1 Å². The number of halogens is 2. The number of aromatic nitrogens is 1. The molecule has 1 heterocycles. The molecule has 3 nitrogen and oxygen atoms in total. The molecule has 0 amide bonds. The van der Waals surface area contributed by atoms with E-state index in [1.807, 2.05) is 18.2 Å². The molecule has 0 fully saturated rings. The second kappa shape index (κ2) is 7.51. The van der Waals surface area contributed by atoms with E-state index in [1.54, 1.807) is 6.07 Å². The molecule has 0 aliphatic carbocycles. The lowest BCUT2D eigenvalue weighted by atomic mass is 10.00. The Kier molecular flexibility index (Phi) is 5.36. The van der Waals surface area contributed by atoms with Crippen LogP contribution >= 0.6 is 23.2 Å². The average Bonchev–Trinajstić information content (AvgIpc) is 2.92. The predicted octanol–water partition coefficient (Wildman–Crippen LogP) is 6.11. The molecule has 2 aromatic carbocycles. The van der Waals surface area contributed by atoms with E-state index in [1.165, 1.54) is 5.56 Å². The first kappa shape index (κ1) is 17.8. The standard InChI is InChI=1S/C20H19Cl2NO2/c1-2-3-5-12-8-9-17-14(10-12)15(11-18(24)25)20(23-17)13-6-4-7-16(21)19(13)22/h4,6-10,23H,2-3,5,11H2,1H3,(H,24,25). The summed E-state index contributed by atoms with van der Waals surface area (Å²) >= 11 is 12.5. The van der Waals surface area contributed by atoms with Crippen molar-refractivity contribution in [3.8, 4) is 11.3 Å². The first-order valence-electron chi connectivity index (χ1n) is 8.31. The summed E-state index contributed by atoms with van der Waals surface area (Å²) < 4.78 is 0. The Labute approximate surface area is 156 Å². The smallest absolute Gasteiger partial charge is 0.307 e. The van der Waals surface area contributed by atoms with Crippen molar-refractivity contribution in [2.24, 2.45) is 0 Å². The summed E-state index contributed by atoms with van der Waals surface area (Å²) in [5, 5.41) is 11.2. The van der Waals surface area contributed by atoms with Crippen molar-refractivity contribution in [2.45, 2.75) is 32.6 Å². The van der Waals surface area contributed by atoms with E-state index in [0.29, 0.717) is 10.0 Å². The monoisotopic (exact) mass is 375 g/mol. The summed E-state index contributed by atoms with van der Waals surface area (Å²) in [6.07, 6.45) is 3.14. The summed E-state index contributed by atoms with van der Waals surface area (Å²) in [4.78, 5) is 14.8. The molecule has 3 aromatic rings. The number of unbranched alkanes of at least 4 members (excludes halogenated alkanes) is 1. The molecular weight excluding hydrogens is 357 g/mol. The van der Waals surface area contributed by atoms with E-state index >= 15 is 0 Å². The Balaban J connectivity index is 2.20. The number of fused-ring (bicyclic) bond motifs is 1. The Morgan fingerprint density at radius 2 is 2.00 bits per heavy atom. The van der Waals surface area contributed by atoms with Gasteiger partial charge in [0, 0.05) is 16.5 Å². The van der Waals surface area contributed by atoms with Crippen LogP contribution in [0.5, 0.6) is 0 Å². The van der Waals surface area contributed by atoms with Crippen molar-refractivity contribution in [3.05, 3.63) is 57.6 Å². The highest BCUT2D eigenvalue weighted by Crippen LogP contribution is 2.38. The maximum atomic E-state index is 11.4. The second-order valence-corrected chi connectivity index (χ2v) is 6.92. The topological polar surface area (TPSA) is 53.1 Å². The van der Waals surface area contributed by atoms with E-state index in [9.17, 15) is 9.90 Å².